The molecule has 0 radical (unpaired) electrons. The van der Waals surface area contributed by atoms with Crippen LogP contribution in [0.1, 0.15) is 61.3 Å². The molecule has 2 rings (SSSR count). The minimum Gasteiger partial charge on any atom is -0.296 e. The lowest BCUT2D eigenvalue weighted by molar-refractivity contribution is 0.111. The second kappa shape index (κ2) is 5.19. The van der Waals surface area contributed by atoms with E-state index < -0.39 is 0 Å². The Morgan fingerprint density at radius 2 is 2.38 bits per heavy atom. The van der Waals surface area contributed by atoms with Crippen LogP contribution in [-0.2, 0) is 0 Å². The fourth-order valence-corrected chi connectivity index (χ4v) is 2.55. The van der Waals surface area contributed by atoms with E-state index in [1.807, 2.05) is 0 Å². The maximum atomic E-state index is 10.7. The first-order valence-corrected chi connectivity index (χ1v) is 6.11. The summed E-state index contributed by atoms with van der Waals surface area (Å²) in [5.41, 5.74) is 0.503. The lowest BCUT2D eigenvalue weighted by Gasteiger charge is -2.27. The maximum absolute atomic E-state index is 10.7. The molecule has 3 nitrogen and oxygen atoms in total. The van der Waals surface area contributed by atoms with Crippen LogP contribution in [0.3, 0.4) is 0 Å². The molecule has 1 aliphatic carbocycles. The Hall–Kier alpha value is -1.25. The molecular formula is C13H18N2O. The summed E-state index contributed by atoms with van der Waals surface area (Å²) in [7, 11) is 0. The molecule has 1 aromatic rings. The Balaban J connectivity index is 2.13. The van der Waals surface area contributed by atoms with Crippen molar-refractivity contribution in [3.63, 3.8) is 0 Å². The number of carbonyl (C=O) groups is 1. The smallest absolute Gasteiger partial charge is 0.168 e. The summed E-state index contributed by atoms with van der Waals surface area (Å²) in [4.78, 5) is 19.3. The molecule has 2 atom stereocenters. The highest BCUT2D eigenvalue weighted by Gasteiger charge is 2.23. The molecule has 1 fully saturated rings. The van der Waals surface area contributed by atoms with Crippen LogP contribution >= 0.6 is 0 Å². The summed E-state index contributed by atoms with van der Waals surface area (Å²) in [6.45, 7) is 2.25. The number of carbonyl (C=O) groups excluding carboxylic acids is 1. The minimum absolute atomic E-state index is 0.457. The third-order valence-corrected chi connectivity index (χ3v) is 3.54. The van der Waals surface area contributed by atoms with Crippen LogP contribution in [0.5, 0.6) is 0 Å². The van der Waals surface area contributed by atoms with Gasteiger partial charge in [-0.25, -0.2) is 9.97 Å². The van der Waals surface area contributed by atoms with Crippen LogP contribution in [-0.4, -0.2) is 16.3 Å². The molecule has 1 aromatic heterocycles. The number of hydrogen-bond acceptors (Lipinski definition) is 3. The van der Waals surface area contributed by atoms with Gasteiger partial charge in [-0.15, -0.1) is 0 Å². The molecule has 0 amide bonds. The number of rotatable bonds is 3. The van der Waals surface area contributed by atoms with Crippen molar-refractivity contribution in [2.45, 2.75) is 44.9 Å². The molecule has 0 spiro atoms. The Morgan fingerprint density at radius 1 is 1.50 bits per heavy atom. The molecule has 2 unspecified atom stereocenters. The first kappa shape index (κ1) is 11.2. The zero-order chi connectivity index (χ0) is 11.4. The summed E-state index contributed by atoms with van der Waals surface area (Å²) >= 11 is 0. The van der Waals surface area contributed by atoms with Crippen molar-refractivity contribution in [2.24, 2.45) is 5.92 Å². The summed E-state index contributed by atoms with van der Waals surface area (Å²) in [5.74, 6) is 2.13. The summed E-state index contributed by atoms with van der Waals surface area (Å²) in [5, 5.41) is 0. The van der Waals surface area contributed by atoms with Gasteiger partial charge in [0.15, 0.2) is 6.29 Å². The van der Waals surface area contributed by atoms with Gasteiger partial charge in [-0.3, -0.25) is 4.79 Å². The summed E-state index contributed by atoms with van der Waals surface area (Å²) in [6, 6.07) is 1.66. The maximum Gasteiger partial charge on any atom is 0.168 e. The first-order chi connectivity index (χ1) is 7.83. The van der Waals surface area contributed by atoms with Gasteiger partial charge in [-0.2, -0.15) is 0 Å². The normalized spacial score (nSPS) is 25.3. The monoisotopic (exact) mass is 218 g/mol. The van der Waals surface area contributed by atoms with E-state index in [1.54, 1.807) is 12.3 Å². The van der Waals surface area contributed by atoms with Gasteiger partial charge in [0, 0.05) is 12.1 Å². The van der Waals surface area contributed by atoms with Crippen LogP contribution < -0.4 is 0 Å². The van der Waals surface area contributed by atoms with Crippen LogP contribution in [0.4, 0.5) is 0 Å². The molecule has 0 saturated heterocycles. The highest BCUT2D eigenvalue weighted by molar-refractivity contribution is 5.71. The van der Waals surface area contributed by atoms with Gasteiger partial charge in [0.05, 0.1) is 0 Å². The average Bonchev–Trinajstić information content (AvgIpc) is 2.39. The quantitative estimate of drug-likeness (QED) is 0.732. The number of aldehydes is 1. The van der Waals surface area contributed by atoms with Crippen molar-refractivity contribution in [1.29, 1.82) is 0 Å². The molecular weight excluding hydrogens is 200 g/mol. The Kier molecular flexibility index (Phi) is 3.65. The van der Waals surface area contributed by atoms with E-state index >= 15 is 0 Å². The highest BCUT2D eigenvalue weighted by Crippen LogP contribution is 2.35. The lowest BCUT2D eigenvalue weighted by atomic mass is 9.80. The number of aromatic nitrogens is 2. The predicted octanol–water partition coefficient (Wildman–Crippen LogP) is 2.97. The second-order valence-corrected chi connectivity index (χ2v) is 4.60. The zero-order valence-corrected chi connectivity index (χ0v) is 9.72. The van der Waals surface area contributed by atoms with Gasteiger partial charge < -0.3 is 0 Å². The van der Waals surface area contributed by atoms with E-state index in [1.165, 1.54) is 32.1 Å². The van der Waals surface area contributed by atoms with Gasteiger partial charge >= 0.3 is 0 Å². The van der Waals surface area contributed by atoms with E-state index in [2.05, 4.69) is 16.9 Å². The van der Waals surface area contributed by atoms with Crippen molar-refractivity contribution < 1.29 is 4.79 Å². The fraction of sp³-hybridized carbons (Fsp3) is 0.615. The molecule has 0 aliphatic heterocycles. The molecule has 0 aromatic carbocycles. The Morgan fingerprint density at radius 3 is 3.12 bits per heavy atom. The first-order valence-electron chi connectivity index (χ1n) is 6.11. The van der Waals surface area contributed by atoms with E-state index in [0.29, 0.717) is 11.6 Å². The SMILES string of the molecule is CCC1CCCC(c2nccc(C=O)n2)C1. The van der Waals surface area contributed by atoms with E-state index in [9.17, 15) is 4.79 Å². The van der Waals surface area contributed by atoms with Crippen molar-refractivity contribution in [3.8, 4) is 0 Å². The van der Waals surface area contributed by atoms with Gasteiger partial charge in [0.25, 0.3) is 0 Å². The lowest BCUT2D eigenvalue weighted by Crippen LogP contribution is -2.16. The van der Waals surface area contributed by atoms with Crippen molar-refractivity contribution >= 4 is 6.29 Å². The molecule has 1 saturated carbocycles. The van der Waals surface area contributed by atoms with Gasteiger partial charge in [-0.1, -0.05) is 26.2 Å². The largest absolute Gasteiger partial charge is 0.296 e. The highest BCUT2D eigenvalue weighted by atomic mass is 16.1. The Labute approximate surface area is 96.3 Å². The van der Waals surface area contributed by atoms with E-state index in [0.717, 1.165) is 18.0 Å². The third kappa shape index (κ3) is 2.46. The Bertz CT molecular complexity index is 365. The summed E-state index contributed by atoms with van der Waals surface area (Å²) in [6.07, 6.45) is 8.67. The number of nitrogens with zero attached hydrogens (tertiary/aromatic N) is 2. The predicted molar refractivity (Wildman–Crippen MR) is 62.4 cm³/mol. The number of hydrogen-bond donors (Lipinski definition) is 0. The third-order valence-electron chi connectivity index (χ3n) is 3.54. The van der Waals surface area contributed by atoms with Crippen LogP contribution in [0.2, 0.25) is 0 Å². The van der Waals surface area contributed by atoms with E-state index in [-0.39, 0.29) is 0 Å². The summed E-state index contributed by atoms with van der Waals surface area (Å²) < 4.78 is 0. The van der Waals surface area contributed by atoms with Gasteiger partial charge in [0.2, 0.25) is 0 Å². The molecule has 0 bridgehead atoms. The molecule has 16 heavy (non-hydrogen) atoms. The minimum atomic E-state index is 0.457. The molecule has 1 heterocycles. The molecule has 0 N–H and O–H groups in total. The standard InChI is InChI=1S/C13H18N2O/c1-2-10-4-3-5-11(8-10)13-14-7-6-12(9-16)15-13/h6-7,9-11H,2-5,8H2,1H3. The molecule has 86 valence electrons. The van der Waals surface area contributed by atoms with E-state index in [4.69, 9.17) is 0 Å². The van der Waals surface area contributed by atoms with Crippen molar-refractivity contribution in [1.82, 2.24) is 9.97 Å². The van der Waals surface area contributed by atoms with Crippen molar-refractivity contribution in [3.05, 3.63) is 23.8 Å². The van der Waals surface area contributed by atoms with Crippen LogP contribution in [0.15, 0.2) is 12.3 Å². The van der Waals surface area contributed by atoms with Crippen molar-refractivity contribution in [2.75, 3.05) is 0 Å². The topological polar surface area (TPSA) is 42.9 Å². The average molecular weight is 218 g/mol. The molecule has 3 heteroatoms. The zero-order valence-electron chi connectivity index (χ0n) is 9.72. The van der Waals surface area contributed by atoms with Gasteiger partial charge in [-0.05, 0) is 24.8 Å². The van der Waals surface area contributed by atoms with Crippen LogP contribution in [0.25, 0.3) is 0 Å². The van der Waals surface area contributed by atoms with Gasteiger partial charge in [0.1, 0.15) is 11.5 Å². The molecule has 1 aliphatic rings. The van der Waals surface area contributed by atoms with Crippen LogP contribution in [0, 0.1) is 5.92 Å². The fourth-order valence-electron chi connectivity index (χ4n) is 2.55. The second-order valence-electron chi connectivity index (χ2n) is 4.60.